The number of benzene rings is 1. The van der Waals surface area contributed by atoms with E-state index in [1.807, 2.05) is 48.7 Å². The number of pyridine rings is 1. The van der Waals surface area contributed by atoms with Gasteiger partial charge in [0.1, 0.15) is 5.75 Å². The molecule has 3 heterocycles. The highest BCUT2D eigenvalue weighted by Crippen LogP contribution is 2.35. The largest absolute Gasteiger partial charge is 0.453 e. The summed E-state index contributed by atoms with van der Waals surface area (Å²) in [6.45, 7) is 1.95. The van der Waals surface area contributed by atoms with Crippen LogP contribution in [0.1, 0.15) is 5.69 Å². The SMILES string of the molecule is Cc1csc(Nc2ncc(Sc3ncccn3)cc2Oc2ccccc2)n1. The lowest BCUT2D eigenvalue weighted by atomic mass is 10.3. The van der Waals surface area contributed by atoms with Crippen molar-refractivity contribution in [2.75, 3.05) is 5.32 Å². The zero-order chi connectivity index (χ0) is 18.5. The highest BCUT2D eigenvalue weighted by atomic mass is 32.2. The van der Waals surface area contributed by atoms with Crippen molar-refractivity contribution in [3.05, 3.63) is 72.1 Å². The molecule has 0 saturated carbocycles. The number of aromatic nitrogens is 4. The number of para-hydroxylation sites is 1. The highest BCUT2D eigenvalue weighted by Gasteiger charge is 2.12. The highest BCUT2D eigenvalue weighted by molar-refractivity contribution is 7.99. The molecule has 0 spiro atoms. The second-order valence-electron chi connectivity index (χ2n) is 5.49. The number of nitrogens with one attached hydrogen (secondary N) is 1. The van der Waals surface area contributed by atoms with E-state index in [1.54, 1.807) is 24.7 Å². The van der Waals surface area contributed by atoms with Crippen LogP contribution in [0.15, 0.2) is 76.5 Å². The van der Waals surface area contributed by atoms with Gasteiger partial charge in [-0.25, -0.2) is 19.9 Å². The van der Waals surface area contributed by atoms with Crippen LogP contribution in [0, 0.1) is 6.92 Å². The first-order chi connectivity index (χ1) is 13.3. The van der Waals surface area contributed by atoms with Crippen LogP contribution in [-0.2, 0) is 0 Å². The lowest BCUT2D eigenvalue weighted by molar-refractivity contribution is 0.481. The van der Waals surface area contributed by atoms with Gasteiger partial charge in [0.05, 0.1) is 5.69 Å². The van der Waals surface area contributed by atoms with Gasteiger partial charge in [-0.05, 0) is 36.9 Å². The van der Waals surface area contributed by atoms with Gasteiger partial charge in [-0.1, -0.05) is 18.2 Å². The molecule has 0 aliphatic rings. The number of thiazole rings is 1. The molecular weight excluding hydrogens is 378 g/mol. The van der Waals surface area contributed by atoms with E-state index in [0.29, 0.717) is 16.7 Å². The minimum atomic E-state index is 0.603. The van der Waals surface area contributed by atoms with Crippen LogP contribution in [0.25, 0.3) is 0 Å². The quantitative estimate of drug-likeness (QED) is 0.444. The van der Waals surface area contributed by atoms with E-state index in [0.717, 1.165) is 21.5 Å². The Hall–Kier alpha value is -2.97. The molecule has 8 heteroatoms. The second-order valence-corrected chi connectivity index (χ2v) is 7.38. The first-order valence-electron chi connectivity index (χ1n) is 8.13. The number of rotatable bonds is 6. The van der Waals surface area contributed by atoms with E-state index in [1.165, 1.54) is 23.1 Å². The molecule has 0 aliphatic heterocycles. The molecule has 3 aromatic heterocycles. The molecule has 0 amide bonds. The average molecular weight is 393 g/mol. The summed E-state index contributed by atoms with van der Waals surface area (Å²) in [5, 5.41) is 6.64. The van der Waals surface area contributed by atoms with E-state index >= 15 is 0 Å². The van der Waals surface area contributed by atoms with Crippen molar-refractivity contribution in [3.8, 4) is 11.5 Å². The first-order valence-corrected chi connectivity index (χ1v) is 9.83. The number of hydrogen-bond donors (Lipinski definition) is 1. The van der Waals surface area contributed by atoms with Crippen LogP contribution in [-0.4, -0.2) is 19.9 Å². The van der Waals surface area contributed by atoms with Crippen molar-refractivity contribution in [1.29, 1.82) is 0 Å². The number of hydrogen-bond acceptors (Lipinski definition) is 8. The van der Waals surface area contributed by atoms with Crippen LogP contribution in [0.3, 0.4) is 0 Å². The smallest absolute Gasteiger partial charge is 0.192 e. The van der Waals surface area contributed by atoms with Gasteiger partial charge in [-0.15, -0.1) is 11.3 Å². The zero-order valence-corrected chi connectivity index (χ0v) is 16.0. The molecule has 0 atom stereocenters. The third-order valence-corrected chi connectivity index (χ3v) is 5.12. The van der Waals surface area contributed by atoms with Crippen molar-refractivity contribution in [2.24, 2.45) is 0 Å². The van der Waals surface area contributed by atoms with Crippen molar-refractivity contribution < 1.29 is 4.74 Å². The molecule has 0 bridgehead atoms. The summed E-state index contributed by atoms with van der Waals surface area (Å²) in [7, 11) is 0. The molecule has 0 fully saturated rings. The van der Waals surface area contributed by atoms with Crippen molar-refractivity contribution in [1.82, 2.24) is 19.9 Å². The second kappa shape index (κ2) is 8.15. The summed E-state index contributed by atoms with van der Waals surface area (Å²) in [5.41, 5.74) is 0.960. The van der Waals surface area contributed by atoms with Gasteiger partial charge in [-0.2, -0.15) is 0 Å². The maximum atomic E-state index is 6.06. The summed E-state index contributed by atoms with van der Waals surface area (Å²) in [4.78, 5) is 18.3. The van der Waals surface area contributed by atoms with Gasteiger partial charge < -0.3 is 10.1 Å². The molecular formula is C19H15N5OS2. The van der Waals surface area contributed by atoms with E-state index in [9.17, 15) is 0 Å². The summed E-state index contributed by atoms with van der Waals surface area (Å²) < 4.78 is 6.06. The molecule has 27 heavy (non-hydrogen) atoms. The average Bonchev–Trinajstić information content (AvgIpc) is 3.10. The minimum absolute atomic E-state index is 0.603. The zero-order valence-electron chi connectivity index (χ0n) is 14.4. The van der Waals surface area contributed by atoms with E-state index < -0.39 is 0 Å². The van der Waals surface area contributed by atoms with E-state index in [-0.39, 0.29) is 0 Å². The Morgan fingerprint density at radius 2 is 1.85 bits per heavy atom. The maximum absolute atomic E-state index is 6.06. The van der Waals surface area contributed by atoms with E-state index in [2.05, 4.69) is 25.3 Å². The van der Waals surface area contributed by atoms with Crippen LogP contribution >= 0.6 is 23.1 Å². The van der Waals surface area contributed by atoms with Gasteiger partial charge in [0, 0.05) is 34.9 Å². The third kappa shape index (κ3) is 4.60. The van der Waals surface area contributed by atoms with Crippen LogP contribution in [0.4, 0.5) is 10.9 Å². The normalized spacial score (nSPS) is 10.6. The minimum Gasteiger partial charge on any atom is -0.453 e. The maximum Gasteiger partial charge on any atom is 0.192 e. The molecule has 4 rings (SSSR count). The van der Waals surface area contributed by atoms with Crippen molar-refractivity contribution >= 4 is 34.0 Å². The van der Waals surface area contributed by atoms with E-state index in [4.69, 9.17) is 4.74 Å². The molecule has 0 radical (unpaired) electrons. The fraction of sp³-hybridized carbons (Fsp3) is 0.0526. The molecule has 0 saturated heterocycles. The van der Waals surface area contributed by atoms with Crippen LogP contribution in [0.2, 0.25) is 0 Å². The predicted molar refractivity (Wildman–Crippen MR) is 107 cm³/mol. The van der Waals surface area contributed by atoms with Crippen molar-refractivity contribution in [2.45, 2.75) is 17.0 Å². The third-order valence-electron chi connectivity index (χ3n) is 3.39. The van der Waals surface area contributed by atoms with Crippen LogP contribution < -0.4 is 10.1 Å². The summed E-state index contributed by atoms with van der Waals surface area (Å²) in [6.07, 6.45) is 5.19. The Labute approximate surface area is 164 Å². The molecule has 0 aliphatic carbocycles. The van der Waals surface area contributed by atoms with Gasteiger partial charge in [-0.3, -0.25) is 0 Å². The lowest BCUT2D eigenvalue weighted by Crippen LogP contribution is -1.98. The Morgan fingerprint density at radius 3 is 2.59 bits per heavy atom. The van der Waals surface area contributed by atoms with Gasteiger partial charge in [0.2, 0.25) is 0 Å². The summed E-state index contributed by atoms with van der Waals surface area (Å²) in [5.74, 6) is 1.94. The molecule has 0 unspecified atom stereocenters. The Balaban J connectivity index is 1.64. The standard InChI is InChI=1S/C19H15N5OS2/c1-13-12-26-19(23-13)24-17-16(25-14-6-3-2-4-7-14)10-15(11-22-17)27-18-20-8-5-9-21-18/h2-12H,1H3,(H,22,23,24). The van der Waals surface area contributed by atoms with Gasteiger partial charge in [0.15, 0.2) is 21.9 Å². The fourth-order valence-corrected chi connectivity index (χ4v) is 3.62. The fourth-order valence-electron chi connectivity index (χ4n) is 2.23. The van der Waals surface area contributed by atoms with Gasteiger partial charge in [0.25, 0.3) is 0 Å². The Kier molecular flexibility index (Phi) is 5.27. The number of nitrogens with zero attached hydrogens (tertiary/aromatic N) is 4. The molecule has 4 aromatic rings. The molecule has 134 valence electrons. The Bertz CT molecular complexity index is 1020. The molecule has 6 nitrogen and oxygen atoms in total. The number of anilines is 2. The Morgan fingerprint density at radius 1 is 1.04 bits per heavy atom. The topological polar surface area (TPSA) is 72.8 Å². The monoisotopic (exact) mass is 393 g/mol. The first kappa shape index (κ1) is 17.4. The lowest BCUT2D eigenvalue weighted by Gasteiger charge is -2.12. The van der Waals surface area contributed by atoms with Gasteiger partial charge >= 0.3 is 0 Å². The predicted octanol–water partition coefficient (Wildman–Crippen LogP) is 5.32. The summed E-state index contributed by atoms with van der Waals surface area (Å²) >= 11 is 2.95. The van der Waals surface area contributed by atoms with Crippen molar-refractivity contribution in [3.63, 3.8) is 0 Å². The molecule has 1 aromatic carbocycles. The number of ether oxygens (including phenoxy) is 1. The number of aryl methyl sites for hydroxylation is 1. The molecule has 1 N–H and O–H groups in total. The van der Waals surface area contributed by atoms with Crippen LogP contribution in [0.5, 0.6) is 11.5 Å². The summed E-state index contributed by atoms with van der Waals surface area (Å²) in [6, 6.07) is 13.3.